The van der Waals surface area contributed by atoms with Crippen LogP contribution in [0.15, 0.2) is 64.7 Å². The highest BCUT2D eigenvalue weighted by Crippen LogP contribution is 2.23. The number of benzene rings is 2. The average molecular weight is 525 g/mol. The second kappa shape index (κ2) is 11.4. The van der Waals surface area contributed by atoms with Gasteiger partial charge in [0, 0.05) is 16.8 Å². The third-order valence-electron chi connectivity index (χ3n) is 4.06. The van der Waals surface area contributed by atoms with E-state index in [4.69, 9.17) is 0 Å². The molecule has 31 heavy (non-hydrogen) atoms. The molecule has 1 heterocycles. The molecule has 0 aliphatic carbocycles. The quantitative estimate of drug-likeness (QED) is 0.273. The molecule has 1 aromatic heterocycles. The fraction of sp³-hybridized carbons (Fsp3) is 0.190. The van der Waals surface area contributed by atoms with Gasteiger partial charge in [-0.1, -0.05) is 45.9 Å². The van der Waals surface area contributed by atoms with Crippen LogP contribution in [0.25, 0.3) is 0 Å². The normalized spacial score (nSPS) is 10.8. The molecule has 3 aromatic rings. The van der Waals surface area contributed by atoms with E-state index in [-0.39, 0.29) is 23.2 Å². The SMILES string of the molecule is C=CCn1c(CSCc2ccc(F)cc2)nnc1SCC(=O)Nc1ccc(Br)cc1F. The number of aromatic nitrogens is 3. The maximum Gasteiger partial charge on any atom is 0.234 e. The number of allylic oxidation sites excluding steroid dienone is 1. The summed E-state index contributed by atoms with van der Waals surface area (Å²) in [6.45, 7) is 4.27. The zero-order chi connectivity index (χ0) is 22.2. The summed E-state index contributed by atoms with van der Waals surface area (Å²) in [6, 6.07) is 10.8. The van der Waals surface area contributed by atoms with E-state index < -0.39 is 5.82 Å². The summed E-state index contributed by atoms with van der Waals surface area (Å²) >= 11 is 6.04. The maximum absolute atomic E-state index is 13.9. The van der Waals surface area contributed by atoms with Crippen LogP contribution in [0.4, 0.5) is 14.5 Å². The Kier molecular flexibility index (Phi) is 8.68. The smallest absolute Gasteiger partial charge is 0.234 e. The first kappa shape index (κ1) is 23.5. The van der Waals surface area contributed by atoms with E-state index in [1.54, 1.807) is 36.0 Å². The number of amides is 1. The second-order valence-electron chi connectivity index (χ2n) is 6.38. The summed E-state index contributed by atoms with van der Waals surface area (Å²) in [5.74, 6) is 1.03. The van der Waals surface area contributed by atoms with Crippen LogP contribution in [0.1, 0.15) is 11.4 Å². The molecule has 5 nitrogen and oxygen atoms in total. The van der Waals surface area contributed by atoms with Crippen molar-refractivity contribution in [1.82, 2.24) is 14.8 Å². The van der Waals surface area contributed by atoms with E-state index >= 15 is 0 Å². The van der Waals surface area contributed by atoms with Crippen LogP contribution in [0.3, 0.4) is 0 Å². The van der Waals surface area contributed by atoms with Gasteiger partial charge in [-0.2, -0.15) is 0 Å². The molecule has 0 fully saturated rings. The van der Waals surface area contributed by atoms with Gasteiger partial charge in [0.1, 0.15) is 17.5 Å². The molecule has 0 radical (unpaired) electrons. The Morgan fingerprint density at radius 1 is 1.16 bits per heavy atom. The molecule has 0 atom stereocenters. The zero-order valence-corrected chi connectivity index (χ0v) is 19.6. The zero-order valence-electron chi connectivity index (χ0n) is 16.4. The van der Waals surface area contributed by atoms with Crippen molar-refractivity contribution >= 4 is 51.0 Å². The summed E-state index contributed by atoms with van der Waals surface area (Å²) in [6.07, 6.45) is 1.73. The Hall–Kier alpha value is -2.17. The summed E-state index contributed by atoms with van der Waals surface area (Å²) in [7, 11) is 0. The molecule has 1 N–H and O–H groups in total. The highest BCUT2D eigenvalue weighted by molar-refractivity contribution is 9.10. The van der Waals surface area contributed by atoms with Crippen molar-refractivity contribution < 1.29 is 13.6 Å². The molecule has 0 spiro atoms. The largest absolute Gasteiger partial charge is 0.323 e. The van der Waals surface area contributed by atoms with Gasteiger partial charge in [0.25, 0.3) is 0 Å². The van der Waals surface area contributed by atoms with Crippen LogP contribution >= 0.6 is 39.5 Å². The van der Waals surface area contributed by atoms with Crippen LogP contribution in [0, 0.1) is 11.6 Å². The second-order valence-corrected chi connectivity index (χ2v) is 9.22. The van der Waals surface area contributed by atoms with Crippen molar-refractivity contribution in [2.45, 2.75) is 23.2 Å². The van der Waals surface area contributed by atoms with Gasteiger partial charge in [-0.05, 0) is 35.9 Å². The van der Waals surface area contributed by atoms with Gasteiger partial charge in [-0.25, -0.2) is 8.78 Å². The first-order valence-corrected chi connectivity index (χ1v) is 12.1. The lowest BCUT2D eigenvalue weighted by molar-refractivity contribution is -0.113. The van der Waals surface area contributed by atoms with E-state index in [1.807, 2.05) is 4.57 Å². The van der Waals surface area contributed by atoms with Crippen LogP contribution in [0.2, 0.25) is 0 Å². The first-order chi connectivity index (χ1) is 15.0. The predicted molar refractivity (Wildman–Crippen MR) is 125 cm³/mol. The number of nitrogens with zero attached hydrogens (tertiary/aromatic N) is 3. The van der Waals surface area contributed by atoms with Crippen molar-refractivity contribution in [2.75, 3.05) is 11.1 Å². The van der Waals surface area contributed by atoms with Gasteiger partial charge < -0.3 is 9.88 Å². The van der Waals surface area contributed by atoms with Crippen LogP contribution < -0.4 is 5.32 Å². The first-order valence-electron chi connectivity index (χ1n) is 9.19. The number of carbonyl (C=O) groups is 1. The van der Waals surface area contributed by atoms with Crippen molar-refractivity contribution in [3.8, 4) is 0 Å². The van der Waals surface area contributed by atoms with Crippen LogP contribution in [-0.2, 0) is 22.8 Å². The lowest BCUT2D eigenvalue weighted by Crippen LogP contribution is -2.15. The number of halogens is 3. The van der Waals surface area contributed by atoms with E-state index in [1.165, 1.54) is 36.0 Å². The van der Waals surface area contributed by atoms with E-state index in [0.29, 0.717) is 27.7 Å². The predicted octanol–water partition coefficient (Wildman–Crippen LogP) is 5.67. The maximum atomic E-state index is 13.9. The Morgan fingerprint density at radius 3 is 2.65 bits per heavy atom. The minimum Gasteiger partial charge on any atom is -0.323 e. The number of hydrogen-bond donors (Lipinski definition) is 1. The van der Waals surface area contributed by atoms with E-state index in [0.717, 1.165) is 11.4 Å². The third kappa shape index (κ3) is 6.91. The highest BCUT2D eigenvalue weighted by Gasteiger charge is 2.14. The summed E-state index contributed by atoms with van der Waals surface area (Å²) in [5.41, 5.74) is 1.15. The molecule has 0 aliphatic rings. The summed E-state index contributed by atoms with van der Waals surface area (Å²) < 4.78 is 29.4. The number of hydrogen-bond acceptors (Lipinski definition) is 5. The van der Waals surface area contributed by atoms with Gasteiger partial charge >= 0.3 is 0 Å². The Balaban J connectivity index is 1.56. The molecular formula is C21H19BrF2N4OS2. The minimum absolute atomic E-state index is 0.0630. The fourth-order valence-corrected chi connectivity index (χ4v) is 4.62. The molecule has 0 bridgehead atoms. The molecule has 1 amide bonds. The van der Waals surface area contributed by atoms with Crippen molar-refractivity contribution in [3.05, 3.63) is 82.6 Å². The Morgan fingerprint density at radius 2 is 1.94 bits per heavy atom. The van der Waals surface area contributed by atoms with Crippen LogP contribution in [0.5, 0.6) is 0 Å². The number of carbonyl (C=O) groups excluding carboxylic acids is 1. The highest BCUT2D eigenvalue weighted by atomic mass is 79.9. The number of nitrogens with one attached hydrogen (secondary N) is 1. The Bertz CT molecular complexity index is 1060. The third-order valence-corrected chi connectivity index (χ3v) is 6.52. The fourth-order valence-electron chi connectivity index (χ4n) is 2.59. The number of thioether (sulfide) groups is 2. The molecule has 0 aliphatic heterocycles. The lowest BCUT2D eigenvalue weighted by Gasteiger charge is -2.09. The summed E-state index contributed by atoms with van der Waals surface area (Å²) in [4.78, 5) is 12.2. The summed E-state index contributed by atoms with van der Waals surface area (Å²) in [5, 5.41) is 11.6. The van der Waals surface area contributed by atoms with E-state index in [9.17, 15) is 13.6 Å². The molecule has 10 heteroatoms. The topological polar surface area (TPSA) is 59.8 Å². The van der Waals surface area contributed by atoms with Gasteiger partial charge in [-0.15, -0.1) is 28.5 Å². The minimum atomic E-state index is -0.511. The lowest BCUT2D eigenvalue weighted by atomic mass is 10.2. The van der Waals surface area contributed by atoms with Crippen LogP contribution in [-0.4, -0.2) is 26.4 Å². The van der Waals surface area contributed by atoms with Gasteiger partial charge in [0.05, 0.1) is 17.2 Å². The molecule has 2 aromatic carbocycles. The molecule has 0 saturated carbocycles. The number of anilines is 1. The van der Waals surface area contributed by atoms with Gasteiger partial charge in [0.2, 0.25) is 5.91 Å². The molecular weight excluding hydrogens is 506 g/mol. The molecule has 0 saturated heterocycles. The molecule has 3 rings (SSSR count). The van der Waals surface area contributed by atoms with Gasteiger partial charge in [0.15, 0.2) is 5.16 Å². The van der Waals surface area contributed by atoms with E-state index in [2.05, 4.69) is 38.0 Å². The molecule has 162 valence electrons. The van der Waals surface area contributed by atoms with Crippen molar-refractivity contribution in [1.29, 1.82) is 0 Å². The number of rotatable bonds is 10. The standard InChI is InChI=1S/C21H19BrF2N4OS2/c1-2-9-28-19(12-30-11-14-3-6-16(23)7-4-14)26-27-21(28)31-13-20(29)25-18-8-5-15(22)10-17(18)24/h2-8,10H,1,9,11-13H2,(H,25,29). The van der Waals surface area contributed by atoms with Crippen molar-refractivity contribution in [2.24, 2.45) is 0 Å². The van der Waals surface area contributed by atoms with Gasteiger partial charge in [-0.3, -0.25) is 4.79 Å². The Labute approximate surface area is 195 Å². The average Bonchev–Trinajstić information content (AvgIpc) is 3.12. The monoisotopic (exact) mass is 524 g/mol. The van der Waals surface area contributed by atoms with Crippen molar-refractivity contribution in [3.63, 3.8) is 0 Å². The molecule has 0 unspecified atom stereocenters.